The molecule has 1 amide bonds. The number of allylic oxidation sites excluding steroid dienone is 1. The van der Waals surface area contributed by atoms with Crippen molar-refractivity contribution in [3.05, 3.63) is 82.9 Å². The van der Waals surface area contributed by atoms with Gasteiger partial charge in [-0.05, 0) is 54.1 Å². The fourth-order valence-electron chi connectivity index (χ4n) is 3.26. The normalized spacial score (nSPS) is 12.3. The van der Waals surface area contributed by atoms with Gasteiger partial charge < -0.3 is 24.3 Å². The number of ketones is 1. The average Bonchev–Trinajstić information content (AvgIpc) is 2.87. The lowest BCUT2D eigenvalue weighted by atomic mass is 10.1. The Morgan fingerprint density at radius 2 is 1.79 bits per heavy atom. The van der Waals surface area contributed by atoms with E-state index in [4.69, 9.17) is 30.5 Å². The van der Waals surface area contributed by atoms with Crippen LogP contribution in [0.15, 0.2) is 66.7 Å². The standard InChI is InChI=1S/C26H22ClNO6/c1-31-24-14-17(6-9-21(29)18-8-11-23-25(15-18)33-13-12-32-23)7-10-22(24)34-16-26(30)28-20-5-3-2-4-19(20)27/h2-11,14-15H,12-13,16H2,1H3,(H,28,30)/b9-6+. The molecule has 0 aromatic heterocycles. The number of para-hydroxylation sites is 1. The van der Waals surface area contributed by atoms with Gasteiger partial charge in [0, 0.05) is 5.56 Å². The first-order valence-electron chi connectivity index (χ1n) is 10.5. The molecule has 0 aliphatic carbocycles. The van der Waals surface area contributed by atoms with E-state index in [0.717, 1.165) is 5.56 Å². The minimum absolute atomic E-state index is 0.174. The summed E-state index contributed by atoms with van der Waals surface area (Å²) in [5.41, 5.74) is 1.74. The Morgan fingerprint density at radius 1 is 1.00 bits per heavy atom. The number of carbonyl (C=O) groups excluding carboxylic acids is 2. The summed E-state index contributed by atoms with van der Waals surface area (Å²) in [6.07, 6.45) is 3.15. The van der Waals surface area contributed by atoms with Crippen LogP contribution in [0.2, 0.25) is 5.02 Å². The number of anilines is 1. The molecule has 0 fully saturated rings. The first-order chi connectivity index (χ1) is 16.5. The number of benzene rings is 3. The van der Waals surface area contributed by atoms with Crippen LogP contribution in [0.5, 0.6) is 23.0 Å². The van der Waals surface area contributed by atoms with Crippen LogP contribution in [0.25, 0.3) is 6.08 Å². The van der Waals surface area contributed by atoms with Crippen molar-refractivity contribution in [3.8, 4) is 23.0 Å². The van der Waals surface area contributed by atoms with Gasteiger partial charge in [0.2, 0.25) is 0 Å². The Labute approximate surface area is 201 Å². The monoisotopic (exact) mass is 479 g/mol. The van der Waals surface area contributed by atoms with Crippen LogP contribution >= 0.6 is 11.6 Å². The topological polar surface area (TPSA) is 83.1 Å². The molecule has 8 heteroatoms. The van der Waals surface area contributed by atoms with Crippen molar-refractivity contribution in [2.24, 2.45) is 0 Å². The molecule has 0 bridgehead atoms. The molecule has 0 spiro atoms. The number of methoxy groups -OCH3 is 1. The lowest BCUT2D eigenvalue weighted by molar-refractivity contribution is -0.118. The number of carbonyl (C=O) groups is 2. The van der Waals surface area contributed by atoms with Crippen molar-refractivity contribution in [3.63, 3.8) is 0 Å². The van der Waals surface area contributed by atoms with Crippen molar-refractivity contribution in [2.45, 2.75) is 0 Å². The predicted octanol–water partition coefficient (Wildman–Crippen LogP) is 5.03. The van der Waals surface area contributed by atoms with Gasteiger partial charge in [0.15, 0.2) is 35.4 Å². The summed E-state index contributed by atoms with van der Waals surface area (Å²) in [4.78, 5) is 24.8. The number of hydrogen-bond acceptors (Lipinski definition) is 6. The molecule has 1 heterocycles. The van der Waals surface area contributed by atoms with Crippen LogP contribution in [-0.4, -0.2) is 38.6 Å². The molecule has 1 aliphatic rings. The van der Waals surface area contributed by atoms with E-state index in [-0.39, 0.29) is 18.3 Å². The fraction of sp³-hybridized carbons (Fsp3) is 0.154. The van der Waals surface area contributed by atoms with Gasteiger partial charge >= 0.3 is 0 Å². The lowest BCUT2D eigenvalue weighted by Gasteiger charge is -2.18. The number of ether oxygens (including phenoxy) is 4. The smallest absolute Gasteiger partial charge is 0.262 e. The summed E-state index contributed by atoms with van der Waals surface area (Å²) in [7, 11) is 1.50. The third-order valence-electron chi connectivity index (χ3n) is 4.95. The van der Waals surface area contributed by atoms with Gasteiger partial charge in [-0.25, -0.2) is 0 Å². The van der Waals surface area contributed by atoms with Gasteiger partial charge in [-0.3, -0.25) is 9.59 Å². The highest BCUT2D eigenvalue weighted by molar-refractivity contribution is 6.33. The zero-order valence-electron chi connectivity index (χ0n) is 18.4. The van der Waals surface area contributed by atoms with Crippen LogP contribution in [0.3, 0.4) is 0 Å². The second-order valence-corrected chi connectivity index (χ2v) is 7.69. The van der Waals surface area contributed by atoms with Crippen molar-refractivity contribution < 1.29 is 28.5 Å². The molecule has 1 N–H and O–H groups in total. The quantitative estimate of drug-likeness (QED) is 0.360. The SMILES string of the molecule is COc1cc(/C=C/C(=O)c2ccc3c(c2)OCCO3)ccc1OCC(=O)Nc1ccccc1Cl. The van der Waals surface area contributed by atoms with Gasteiger partial charge in [0.05, 0.1) is 17.8 Å². The number of nitrogens with one attached hydrogen (secondary N) is 1. The van der Waals surface area contributed by atoms with E-state index in [1.165, 1.54) is 13.2 Å². The summed E-state index contributed by atoms with van der Waals surface area (Å²) in [6.45, 7) is 0.726. The first-order valence-corrected chi connectivity index (χ1v) is 10.9. The maximum absolute atomic E-state index is 12.6. The Hall–Kier alpha value is -3.97. The molecule has 34 heavy (non-hydrogen) atoms. The molecular formula is C26H22ClNO6. The Bertz CT molecular complexity index is 1240. The number of amides is 1. The largest absolute Gasteiger partial charge is 0.493 e. The van der Waals surface area contributed by atoms with Crippen molar-refractivity contribution in [1.29, 1.82) is 0 Å². The molecule has 0 atom stereocenters. The number of halogens is 1. The molecule has 7 nitrogen and oxygen atoms in total. The summed E-state index contributed by atoms with van der Waals surface area (Å²) in [5.74, 6) is 1.49. The predicted molar refractivity (Wildman–Crippen MR) is 129 cm³/mol. The van der Waals surface area contributed by atoms with Crippen LogP contribution in [-0.2, 0) is 4.79 Å². The summed E-state index contributed by atoms with van der Waals surface area (Å²) >= 11 is 6.06. The lowest BCUT2D eigenvalue weighted by Crippen LogP contribution is -2.20. The maximum Gasteiger partial charge on any atom is 0.262 e. The average molecular weight is 480 g/mol. The third kappa shape index (κ3) is 5.68. The molecule has 4 rings (SSSR count). The van der Waals surface area contributed by atoms with E-state index >= 15 is 0 Å². The highest BCUT2D eigenvalue weighted by Crippen LogP contribution is 2.31. The zero-order chi connectivity index (χ0) is 23.9. The van der Waals surface area contributed by atoms with E-state index in [1.54, 1.807) is 66.7 Å². The van der Waals surface area contributed by atoms with Crippen LogP contribution < -0.4 is 24.3 Å². The van der Waals surface area contributed by atoms with Crippen molar-refractivity contribution in [1.82, 2.24) is 0 Å². The number of hydrogen-bond donors (Lipinski definition) is 1. The fourth-order valence-corrected chi connectivity index (χ4v) is 3.45. The highest BCUT2D eigenvalue weighted by atomic mass is 35.5. The summed E-state index contributed by atoms with van der Waals surface area (Å²) in [5, 5.41) is 3.13. The van der Waals surface area contributed by atoms with E-state index in [0.29, 0.717) is 52.5 Å². The van der Waals surface area contributed by atoms with Crippen molar-refractivity contribution in [2.75, 3.05) is 32.2 Å². The minimum Gasteiger partial charge on any atom is -0.493 e. The van der Waals surface area contributed by atoms with Crippen molar-refractivity contribution >= 4 is 35.1 Å². The van der Waals surface area contributed by atoms with Gasteiger partial charge in [0.1, 0.15) is 13.2 Å². The molecule has 3 aromatic rings. The minimum atomic E-state index is -0.357. The molecule has 0 saturated heterocycles. The molecule has 0 unspecified atom stereocenters. The van der Waals surface area contributed by atoms with Gasteiger partial charge in [-0.2, -0.15) is 0 Å². The molecule has 174 valence electrons. The van der Waals surface area contributed by atoms with E-state index < -0.39 is 0 Å². The molecule has 1 aliphatic heterocycles. The van der Waals surface area contributed by atoms with E-state index in [1.807, 2.05) is 0 Å². The zero-order valence-corrected chi connectivity index (χ0v) is 19.1. The molecule has 0 radical (unpaired) electrons. The van der Waals surface area contributed by atoms with Crippen LogP contribution in [0, 0.1) is 0 Å². The Balaban J connectivity index is 1.38. The summed E-state index contributed by atoms with van der Waals surface area (Å²) in [6, 6.07) is 17.2. The summed E-state index contributed by atoms with van der Waals surface area (Å²) < 4.78 is 22.0. The van der Waals surface area contributed by atoms with E-state index in [9.17, 15) is 9.59 Å². The first kappa shape index (κ1) is 23.2. The highest BCUT2D eigenvalue weighted by Gasteiger charge is 2.14. The molecule has 3 aromatic carbocycles. The molecular weight excluding hydrogens is 458 g/mol. The second-order valence-electron chi connectivity index (χ2n) is 7.28. The van der Waals surface area contributed by atoms with Crippen LogP contribution in [0.4, 0.5) is 5.69 Å². The van der Waals surface area contributed by atoms with Crippen LogP contribution in [0.1, 0.15) is 15.9 Å². The maximum atomic E-state index is 12.6. The van der Waals surface area contributed by atoms with Gasteiger partial charge in [-0.1, -0.05) is 35.9 Å². The Kier molecular flexibility index (Phi) is 7.34. The van der Waals surface area contributed by atoms with Gasteiger partial charge in [0.25, 0.3) is 5.91 Å². The Morgan fingerprint density at radius 3 is 2.59 bits per heavy atom. The number of rotatable bonds is 8. The third-order valence-corrected chi connectivity index (χ3v) is 5.28. The van der Waals surface area contributed by atoms with E-state index in [2.05, 4.69) is 5.32 Å². The van der Waals surface area contributed by atoms with Gasteiger partial charge in [-0.15, -0.1) is 0 Å². The molecule has 0 saturated carbocycles. The second kappa shape index (κ2) is 10.8. The number of fused-ring (bicyclic) bond motifs is 1.